The highest BCUT2D eigenvalue weighted by atomic mass is 16.5. The summed E-state index contributed by atoms with van der Waals surface area (Å²) < 4.78 is 6.24. The third-order valence-corrected chi connectivity index (χ3v) is 3.99. The van der Waals surface area contributed by atoms with E-state index >= 15 is 0 Å². The van der Waals surface area contributed by atoms with Crippen molar-refractivity contribution in [3.63, 3.8) is 0 Å². The van der Waals surface area contributed by atoms with Crippen molar-refractivity contribution in [1.82, 2.24) is 0 Å². The Labute approximate surface area is 108 Å². The SMILES string of the molecule is CCC1(CC)C=Cc2c(ccc3ccccc23)O1. The third kappa shape index (κ3) is 1.62. The van der Waals surface area contributed by atoms with Crippen LogP contribution in [0, 0.1) is 0 Å². The van der Waals surface area contributed by atoms with Gasteiger partial charge in [0.2, 0.25) is 0 Å². The molecule has 0 amide bonds. The minimum absolute atomic E-state index is 0.116. The number of fused-ring (bicyclic) bond motifs is 3. The van der Waals surface area contributed by atoms with Gasteiger partial charge in [0.25, 0.3) is 0 Å². The lowest BCUT2D eigenvalue weighted by Gasteiger charge is -2.33. The summed E-state index contributed by atoms with van der Waals surface area (Å²) >= 11 is 0. The highest BCUT2D eigenvalue weighted by Crippen LogP contribution is 2.38. The topological polar surface area (TPSA) is 9.23 Å². The van der Waals surface area contributed by atoms with Crippen molar-refractivity contribution in [2.75, 3.05) is 0 Å². The molecule has 0 bridgehead atoms. The van der Waals surface area contributed by atoms with Gasteiger partial charge in [-0.05, 0) is 35.8 Å². The fraction of sp³-hybridized carbons (Fsp3) is 0.294. The van der Waals surface area contributed by atoms with Crippen molar-refractivity contribution in [2.24, 2.45) is 0 Å². The predicted octanol–water partition coefficient (Wildman–Crippen LogP) is 4.80. The van der Waals surface area contributed by atoms with Gasteiger partial charge in [-0.1, -0.05) is 50.3 Å². The minimum Gasteiger partial charge on any atom is -0.483 e. The van der Waals surface area contributed by atoms with Gasteiger partial charge in [-0.3, -0.25) is 0 Å². The fourth-order valence-electron chi connectivity index (χ4n) is 2.65. The summed E-state index contributed by atoms with van der Waals surface area (Å²) in [6, 6.07) is 12.7. The summed E-state index contributed by atoms with van der Waals surface area (Å²) in [6.45, 7) is 4.36. The second-order valence-corrected chi connectivity index (χ2v) is 4.91. The quantitative estimate of drug-likeness (QED) is 0.730. The number of rotatable bonds is 2. The molecule has 18 heavy (non-hydrogen) atoms. The van der Waals surface area contributed by atoms with E-state index in [0.717, 1.165) is 18.6 Å². The van der Waals surface area contributed by atoms with Crippen LogP contribution in [0.15, 0.2) is 42.5 Å². The molecule has 2 aromatic carbocycles. The molecular weight excluding hydrogens is 220 g/mol. The zero-order valence-electron chi connectivity index (χ0n) is 10.9. The Morgan fingerprint density at radius 2 is 1.78 bits per heavy atom. The smallest absolute Gasteiger partial charge is 0.128 e. The molecule has 0 saturated heterocycles. The Kier molecular flexibility index (Phi) is 2.62. The van der Waals surface area contributed by atoms with Gasteiger partial charge in [0, 0.05) is 5.56 Å². The first-order valence-corrected chi connectivity index (χ1v) is 6.68. The highest BCUT2D eigenvalue weighted by molar-refractivity contribution is 5.93. The van der Waals surface area contributed by atoms with Crippen LogP contribution in [0.3, 0.4) is 0 Å². The van der Waals surface area contributed by atoms with E-state index in [1.807, 2.05) is 0 Å². The van der Waals surface area contributed by atoms with Crippen LogP contribution in [0.5, 0.6) is 5.75 Å². The molecule has 0 aromatic heterocycles. The molecule has 0 unspecified atom stereocenters. The van der Waals surface area contributed by atoms with E-state index in [0.29, 0.717) is 0 Å². The first-order valence-electron chi connectivity index (χ1n) is 6.68. The van der Waals surface area contributed by atoms with Crippen molar-refractivity contribution >= 4 is 16.8 Å². The predicted molar refractivity (Wildman–Crippen MR) is 76.9 cm³/mol. The normalized spacial score (nSPS) is 16.3. The van der Waals surface area contributed by atoms with Crippen LogP contribution in [-0.2, 0) is 0 Å². The lowest BCUT2D eigenvalue weighted by atomic mass is 9.91. The van der Waals surface area contributed by atoms with Gasteiger partial charge in [0.05, 0.1) is 0 Å². The second kappa shape index (κ2) is 4.16. The number of ether oxygens (including phenoxy) is 1. The highest BCUT2D eigenvalue weighted by Gasteiger charge is 2.29. The molecule has 0 fully saturated rings. The van der Waals surface area contributed by atoms with E-state index in [9.17, 15) is 0 Å². The number of hydrogen-bond acceptors (Lipinski definition) is 1. The summed E-state index contributed by atoms with van der Waals surface area (Å²) in [5.41, 5.74) is 1.10. The summed E-state index contributed by atoms with van der Waals surface area (Å²) in [7, 11) is 0. The van der Waals surface area contributed by atoms with Gasteiger partial charge in [-0.2, -0.15) is 0 Å². The standard InChI is InChI=1S/C17H18O/c1-3-17(4-2)12-11-15-14-8-6-5-7-13(14)9-10-16(15)18-17/h5-12H,3-4H2,1-2H3. The molecule has 0 radical (unpaired) electrons. The van der Waals surface area contributed by atoms with Gasteiger partial charge in [-0.25, -0.2) is 0 Å². The van der Waals surface area contributed by atoms with E-state index in [1.165, 1.54) is 16.3 Å². The summed E-state index contributed by atoms with van der Waals surface area (Å²) in [4.78, 5) is 0. The van der Waals surface area contributed by atoms with Crippen molar-refractivity contribution in [3.05, 3.63) is 48.0 Å². The molecule has 0 saturated carbocycles. The van der Waals surface area contributed by atoms with Crippen LogP contribution in [-0.4, -0.2) is 5.60 Å². The van der Waals surface area contributed by atoms with Crippen LogP contribution >= 0.6 is 0 Å². The largest absolute Gasteiger partial charge is 0.483 e. The molecule has 0 aliphatic carbocycles. The molecule has 3 rings (SSSR count). The van der Waals surface area contributed by atoms with Crippen LogP contribution in [0.4, 0.5) is 0 Å². The maximum Gasteiger partial charge on any atom is 0.128 e. The molecule has 2 aromatic rings. The molecule has 0 atom stereocenters. The van der Waals surface area contributed by atoms with Crippen molar-refractivity contribution in [2.45, 2.75) is 32.3 Å². The van der Waals surface area contributed by atoms with E-state index in [1.54, 1.807) is 0 Å². The van der Waals surface area contributed by atoms with Crippen molar-refractivity contribution in [1.29, 1.82) is 0 Å². The monoisotopic (exact) mass is 238 g/mol. The Morgan fingerprint density at radius 3 is 2.56 bits per heavy atom. The molecule has 1 nitrogen and oxygen atoms in total. The van der Waals surface area contributed by atoms with Gasteiger partial charge in [0.15, 0.2) is 0 Å². The van der Waals surface area contributed by atoms with E-state index in [4.69, 9.17) is 4.74 Å². The number of benzene rings is 2. The van der Waals surface area contributed by atoms with Crippen LogP contribution in [0.25, 0.3) is 16.8 Å². The maximum absolute atomic E-state index is 6.24. The van der Waals surface area contributed by atoms with Gasteiger partial charge in [-0.15, -0.1) is 0 Å². The molecule has 1 heterocycles. The molecule has 1 heteroatoms. The number of hydrogen-bond donors (Lipinski definition) is 0. The van der Waals surface area contributed by atoms with Crippen molar-refractivity contribution < 1.29 is 4.74 Å². The lowest BCUT2D eigenvalue weighted by molar-refractivity contribution is 0.109. The molecule has 1 aliphatic rings. The Hall–Kier alpha value is -1.76. The first kappa shape index (κ1) is 11.3. The van der Waals surface area contributed by atoms with Gasteiger partial charge < -0.3 is 4.74 Å². The maximum atomic E-state index is 6.24. The first-order chi connectivity index (χ1) is 8.78. The summed E-state index contributed by atoms with van der Waals surface area (Å²) in [5.74, 6) is 1.01. The second-order valence-electron chi connectivity index (χ2n) is 4.91. The van der Waals surface area contributed by atoms with E-state index < -0.39 is 0 Å². The lowest BCUT2D eigenvalue weighted by Crippen LogP contribution is -2.33. The molecule has 0 N–H and O–H groups in total. The minimum atomic E-state index is -0.116. The Morgan fingerprint density at radius 1 is 1.00 bits per heavy atom. The zero-order valence-corrected chi connectivity index (χ0v) is 10.9. The van der Waals surface area contributed by atoms with Gasteiger partial charge in [0.1, 0.15) is 11.4 Å². The molecular formula is C17H18O. The fourth-order valence-corrected chi connectivity index (χ4v) is 2.65. The van der Waals surface area contributed by atoms with E-state index in [2.05, 4.69) is 62.4 Å². The van der Waals surface area contributed by atoms with E-state index in [-0.39, 0.29) is 5.60 Å². The third-order valence-electron chi connectivity index (χ3n) is 3.99. The van der Waals surface area contributed by atoms with Crippen molar-refractivity contribution in [3.8, 4) is 5.75 Å². The molecule has 1 aliphatic heterocycles. The zero-order chi connectivity index (χ0) is 12.6. The van der Waals surface area contributed by atoms with Gasteiger partial charge >= 0.3 is 0 Å². The summed E-state index contributed by atoms with van der Waals surface area (Å²) in [6.07, 6.45) is 6.47. The van der Waals surface area contributed by atoms with Crippen LogP contribution in [0.1, 0.15) is 32.3 Å². The average Bonchev–Trinajstić information content (AvgIpc) is 2.46. The van der Waals surface area contributed by atoms with Crippen LogP contribution in [0.2, 0.25) is 0 Å². The average molecular weight is 238 g/mol. The van der Waals surface area contributed by atoms with Crippen LogP contribution < -0.4 is 4.74 Å². The Balaban J connectivity index is 2.18. The Bertz CT molecular complexity index is 606. The molecule has 92 valence electrons. The molecule has 0 spiro atoms. The summed E-state index contributed by atoms with van der Waals surface area (Å²) in [5, 5.41) is 2.54.